The summed E-state index contributed by atoms with van der Waals surface area (Å²) in [5, 5.41) is 3.09. The average Bonchev–Trinajstić information content (AvgIpc) is 3.23. The molecule has 20 heavy (non-hydrogen) atoms. The molecule has 0 unspecified atom stereocenters. The maximum absolute atomic E-state index is 12.3. The Balaban J connectivity index is 2.10. The number of sulfonamides is 1. The van der Waals surface area contributed by atoms with Crippen LogP contribution in [0.1, 0.15) is 37.3 Å². The van der Waals surface area contributed by atoms with Gasteiger partial charge in [0.05, 0.1) is 4.90 Å². The van der Waals surface area contributed by atoms with Crippen molar-refractivity contribution >= 4 is 10.0 Å². The Labute approximate surface area is 122 Å². The summed E-state index contributed by atoms with van der Waals surface area (Å²) in [7, 11) is -1.50. The van der Waals surface area contributed by atoms with Crippen LogP contribution >= 0.6 is 0 Å². The molecule has 1 aromatic carbocycles. The van der Waals surface area contributed by atoms with Gasteiger partial charge in [-0.1, -0.05) is 25.8 Å². The zero-order valence-corrected chi connectivity index (χ0v) is 13.1. The molecule has 112 valence electrons. The van der Waals surface area contributed by atoms with E-state index in [2.05, 4.69) is 17.0 Å². The first-order chi connectivity index (χ1) is 9.56. The Hall–Kier alpha value is -0.910. The number of rotatable bonds is 8. The van der Waals surface area contributed by atoms with Crippen molar-refractivity contribution in [2.24, 2.45) is 5.92 Å². The Morgan fingerprint density at radius 3 is 2.60 bits per heavy atom. The van der Waals surface area contributed by atoms with E-state index >= 15 is 0 Å². The lowest BCUT2D eigenvalue weighted by Gasteiger charge is -2.11. The van der Waals surface area contributed by atoms with Gasteiger partial charge in [-0.2, -0.15) is 0 Å². The second-order valence-corrected chi connectivity index (χ2v) is 7.21. The number of benzene rings is 1. The molecule has 2 rings (SSSR count). The fraction of sp³-hybridized carbons (Fsp3) is 0.600. The zero-order chi connectivity index (χ0) is 14.6. The maximum atomic E-state index is 12.3. The van der Waals surface area contributed by atoms with Crippen molar-refractivity contribution in [2.75, 3.05) is 13.6 Å². The van der Waals surface area contributed by atoms with E-state index in [1.807, 2.05) is 13.1 Å². The maximum Gasteiger partial charge on any atom is 0.240 e. The van der Waals surface area contributed by atoms with Crippen LogP contribution in [0, 0.1) is 5.92 Å². The van der Waals surface area contributed by atoms with E-state index in [1.54, 1.807) is 12.1 Å². The van der Waals surface area contributed by atoms with Crippen LogP contribution in [0.3, 0.4) is 0 Å². The van der Waals surface area contributed by atoms with Crippen LogP contribution < -0.4 is 10.0 Å². The highest BCUT2D eigenvalue weighted by atomic mass is 32.2. The molecule has 0 aromatic heterocycles. The molecule has 1 aromatic rings. The molecule has 0 heterocycles. The second kappa shape index (κ2) is 6.70. The first-order valence-corrected chi connectivity index (χ1v) is 8.81. The summed E-state index contributed by atoms with van der Waals surface area (Å²) in [4.78, 5) is 0.371. The fourth-order valence-corrected chi connectivity index (χ4v) is 3.45. The lowest BCUT2D eigenvalue weighted by Crippen LogP contribution is -2.25. The van der Waals surface area contributed by atoms with E-state index in [0.717, 1.165) is 24.3 Å². The molecule has 0 atom stereocenters. The van der Waals surface area contributed by atoms with Gasteiger partial charge in [0.1, 0.15) is 0 Å². The highest BCUT2D eigenvalue weighted by molar-refractivity contribution is 7.89. The predicted molar refractivity (Wildman–Crippen MR) is 81.1 cm³/mol. The number of aryl methyl sites for hydroxylation is 1. The highest BCUT2D eigenvalue weighted by Crippen LogP contribution is 2.31. The zero-order valence-electron chi connectivity index (χ0n) is 12.3. The Morgan fingerprint density at radius 2 is 2.00 bits per heavy atom. The number of hydrogen-bond acceptors (Lipinski definition) is 3. The molecule has 0 saturated heterocycles. The molecule has 1 aliphatic rings. The van der Waals surface area contributed by atoms with Crippen LogP contribution in [0.5, 0.6) is 0 Å². The molecule has 1 saturated carbocycles. The monoisotopic (exact) mass is 296 g/mol. The predicted octanol–water partition coefficient (Wildman–Crippen LogP) is 2.05. The largest absolute Gasteiger partial charge is 0.316 e. The lowest BCUT2D eigenvalue weighted by molar-refractivity contribution is 0.575. The number of nitrogens with one attached hydrogen (secondary N) is 2. The average molecular weight is 296 g/mol. The molecule has 1 aliphatic carbocycles. The molecule has 0 amide bonds. The van der Waals surface area contributed by atoms with Gasteiger partial charge in [0.2, 0.25) is 10.0 Å². The van der Waals surface area contributed by atoms with E-state index in [-0.39, 0.29) is 0 Å². The molecular formula is C15H24N2O2S. The van der Waals surface area contributed by atoms with Crippen molar-refractivity contribution in [1.82, 2.24) is 10.0 Å². The quantitative estimate of drug-likeness (QED) is 0.772. The van der Waals surface area contributed by atoms with Gasteiger partial charge in [0.15, 0.2) is 0 Å². The summed E-state index contributed by atoms with van der Waals surface area (Å²) in [6.45, 7) is 3.31. The second-order valence-electron chi connectivity index (χ2n) is 5.44. The third-order valence-electron chi connectivity index (χ3n) is 3.78. The minimum absolute atomic E-state index is 0.371. The van der Waals surface area contributed by atoms with E-state index in [9.17, 15) is 8.42 Å². The minimum atomic E-state index is -3.37. The van der Waals surface area contributed by atoms with E-state index in [4.69, 9.17) is 0 Å². The van der Waals surface area contributed by atoms with E-state index in [0.29, 0.717) is 18.0 Å². The summed E-state index contributed by atoms with van der Waals surface area (Å²) in [6.07, 6.45) is 4.36. The van der Waals surface area contributed by atoms with E-state index in [1.165, 1.54) is 18.4 Å². The SMILES string of the molecule is CCc1ccc(S(=O)(=O)NCCC2CC2)cc1CNC. The molecule has 2 N–H and O–H groups in total. The van der Waals surface area contributed by atoms with Gasteiger partial charge in [-0.25, -0.2) is 13.1 Å². The molecule has 0 spiro atoms. The van der Waals surface area contributed by atoms with Crippen LogP contribution in [-0.2, 0) is 23.0 Å². The van der Waals surface area contributed by atoms with Gasteiger partial charge < -0.3 is 5.32 Å². The summed E-state index contributed by atoms with van der Waals surface area (Å²) in [5.41, 5.74) is 2.25. The minimum Gasteiger partial charge on any atom is -0.316 e. The van der Waals surface area contributed by atoms with Crippen LogP contribution in [0.4, 0.5) is 0 Å². The molecule has 5 heteroatoms. The molecule has 0 bridgehead atoms. The molecule has 4 nitrogen and oxygen atoms in total. The van der Waals surface area contributed by atoms with Crippen molar-refractivity contribution in [3.63, 3.8) is 0 Å². The normalized spacial score (nSPS) is 15.5. The standard InChI is InChI=1S/C15H24N2O2S/c1-3-13-6-7-15(10-14(13)11-16-2)20(18,19)17-9-8-12-4-5-12/h6-7,10,12,16-17H,3-5,8-9,11H2,1-2H3. The van der Waals surface area contributed by atoms with Crippen molar-refractivity contribution in [1.29, 1.82) is 0 Å². The van der Waals surface area contributed by atoms with E-state index < -0.39 is 10.0 Å². The Morgan fingerprint density at radius 1 is 1.25 bits per heavy atom. The van der Waals surface area contributed by atoms with Crippen molar-refractivity contribution in [3.8, 4) is 0 Å². The first-order valence-electron chi connectivity index (χ1n) is 7.33. The summed E-state index contributed by atoms with van der Waals surface area (Å²) >= 11 is 0. The van der Waals surface area contributed by atoms with Crippen LogP contribution in [0.15, 0.2) is 23.1 Å². The Bertz CT molecular complexity index is 551. The lowest BCUT2D eigenvalue weighted by atomic mass is 10.1. The van der Waals surface area contributed by atoms with Crippen LogP contribution in [-0.4, -0.2) is 22.0 Å². The van der Waals surface area contributed by atoms with Gasteiger partial charge in [0.25, 0.3) is 0 Å². The summed E-state index contributed by atoms with van der Waals surface area (Å²) < 4.78 is 27.2. The van der Waals surface area contributed by atoms with Gasteiger partial charge in [0, 0.05) is 13.1 Å². The summed E-state index contributed by atoms with van der Waals surface area (Å²) in [5.74, 6) is 0.736. The third-order valence-corrected chi connectivity index (χ3v) is 5.24. The van der Waals surface area contributed by atoms with Crippen molar-refractivity contribution < 1.29 is 8.42 Å². The van der Waals surface area contributed by atoms with Gasteiger partial charge >= 0.3 is 0 Å². The fourth-order valence-electron chi connectivity index (χ4n) is 2.36. The van der Waals surface area contributed by atoms with Crippen LogP contribution in [0.25, 0.3) is 0 Å². The molecule has 0 radical (unpaired) electrons. The number of hydrogen-bond donors (Lipinski definition) is 2. The van der Waals surface area contributed by atoms with Gasteiger partial charge in [-0.3, -0.25) is 0 Å². The van der Waals surface area contributed by atoms with Crippen molar-refractivity contribution in [2.45, 2.75) is 44.0 Å². The topological polar surface area (TPSA) is 58.2 Å². The molecule has 1 fully saturated rings. The van der Waals surface area contributed by atoms with Gasteiger partial charge in [-0.15, -0.1) is 0 Å². The van der Waals surface area contributed by atoms with Crippen LogP contribution in [0.2, 0.25) is 0 Å². The molecular weight excluding hydrogens is 272 g/mol. The smallest absolute Gasteiger partial charge is 0.240 e. The van der Waals surface area contributed by atoms with Gasteiger partial charge in [-0.05, 0) is 49.1 Å². The van der Waals surface area contributed by atoms with Crippen molar-refractivity contribution in [3.05, 3.63) is 29.3 Å². The molecule has 0 aliphatic heterocycles. The first kappa shape index (κ1) is 15.5. The highest BCUT2D eigenvalue weighted by Gasteiger charge is 2.22. The Kier molecular flexibility index (Phi) is 5.18. The summed E-state index contributed by atoms with van der Waals surface area (Å²) in [6, 6.07) is 5.41. The third kappa shape index (κ3) is 4.04.